The average molecular weight is 649 g/mol. The van der Waals surface area contributed by atoms with Gasteiger partial charge in [0.2, 0.25) is 0 Å². The number of rotatable bonds is 10. The highest BCUT2D eigenvalue weighted by Gasteiger charge is 2.60. The quantitative estimate of drug-likeness (QED) is 0.105. The van der Waals surface area contributed by atoms with Gasteiger partial charge < -0.3 is 83.1 Å². The van der Waals surface area contributed by atoms with E-state index >= 15 is 0 Å². The van der Waals surface area contributed by atoms with Gasteiger partial charge in [-0.05, 0) is 45.7 Å². The number of aliphatic hydroxyl groups is 7. The lowest BCUT2D eigenvalue weighted by Gasteiger charge is -2.52. The minimum absolute atomic E-state index is 0.0322. The fourth-order valence-corrected chi connectivity index (χ4v) is 7.45. The van der Waals surface area contributed by atoms with Gasteiger partial charge in [0.15, 0.2) is 11.9 Å². The fraction of sp³-hybridized carbons (Fsp3) is 0.964. The molecule has 2 heterocycles. The molecule has 0 radical (unpaired) electrons. The Balaban J connectivity index is 1.35. The second-order valence-corrected chi connectivity index (χ2v) is 14.0. The van der Waals surface area contributed by atoms with E-state index in [1.807, 2.05) is 0 Å². The zero-order valence-corrected chi connectivity index (χ0v) is 25.7. The van der Waals surface area contributed by atoms with Crippen molar-refractivity contribution in [3.8, 4) is 0 Å². The van der Waals surface area contributed by atoms with Crippen LogP contribution in [-0.2, 0) is 19.0 Å². The molecule has 16 unspecified atom stereocenters. The molecule has 1 amide bonds. The lowest BCUT2D eigenvalue weighted by Crippen LogP contribution is -2.71. The standard InChI is InChI=1S/C28H52N6O11/c1-27(41)9-43-25(21(39)24(27)32-2)45-22-13(34-26(40)28(42)6-15(28)31)5-12(30)16(18(22)36)23-20(38)19(37)17(35)14(44-23)8-33-7-10-3-11(29)4-10/h10-25,32-33,35-39,41-42H,3-9,29-31H2,1-2H3,(H,34,40). The van der Waals surface area contributed by atoms with Crippen LogP contribution in [0.25, 0.3) is 0 Å². The van der Waals surface area contributed by atoms with Crippen LogP contribution in [0.5, 0.6) is 0 Å². The maximum absolute atomic E-state index is 13.0. The van der Waals surface area contributed by atoms with Gasteiger partial charge in [-0.25, -0.2) is 0 Å². The summed E-state index contributed by atoms with van der Waals surface area (Å²) >= 11 is 0. The number of carbonyl (C=O) groups excluding carboxylic acids is 1. The van der Waals surface area contributed by atoms with Crippen LogP contribution in [0.3, 0.4) is 0 Å². The van der Waals surface area contributed by atoms with E-state index in [1.54, 1.807) is 7.05 Å². The van der Waals surface area contributed by atoms with E-state index in [1.165, 1.54) is 6.92 Å². The summed E-state index contributed by atoms with van der Waals surface area (Å²) in [5.41, 5.74) is 14.9. The first kappa shape index (κ1) is 35.2. The highest BCUT2D eigenvalue weighted by atomic mass is 16.7. The van der Waals surface area contributed by atoms with Crippen LogP contribution in [0, 0.1) is 11.8 Å². The Morgan fingerprint density at radius 3 is 2.22 bits per heavy atom. The molecule has 3 saturated carbocycles. The highest BCUT2D eigenvalue weighted by molar-refractivity contribution is 5.89. The van der Waals surface area contributed by atoms with Crippen LogP contribution in [0.4, 0.5) is 0 Å². The van der Waals surface area contributed by atoms with Gasteiger partial charge in [0, 0.05) is 37.0 Å². The predicted octanol–water partition coefficient (Wildman–Crippen LogP) is -6.74. The highest BCUT2D eigenvalue weighted by Crippen LogP contribution is 2.39. The van der Waals surface area contributed by atoms with Gasteiger partial charge in [-0.1, -0.05) is 0 Å². The molecule has 0 aromatic heterocycles. The van der Waals surface area contributed by atoms with E-state index < -0.39 is 102 Å². The molecule has 16 N–H and O–H groups in total. The van der Waals surface area contributed by atoms with Crippen molar-refractivity contribution in [3.05, 3.63) is 0 Å². The molecule has 17 heteroatoms. The molecule has 2 saturated heterocycles. The number of aliphatic hydroxyl groups excluding tert-OH is 5. The molecule has 5 rings (SSSR count). The van der Waals surface area contributed by atoms with E-state index in [2.05, 4.69) is 16.0 Å². The molecule has 17 nitrogen and oxygen atoms in total. The summed E-state index contributed by atoms with van der Waals surface area (Å²) in [6.07, 6.45) is -10.8. The Kier molecular flexibility index (Phi) is 10.5. The van der Waals surface area contributed by atoms with Crippen molar-refractivity contribution >= 4 is 5.91 Å². The Morgan fingerprint density at radius 1 is 0.956 bits per heavy atom. The average Bonchev–Trinajstić information content (AvgIpc) is 3.58. The van der Waals surface area contributed by atoms with E-state index in [4.69, 9.17) is 31.4 Å². The number of likely N-dealkylation sites (N-methyl/N-ethyl adjacent to an activating group) is 1. The number of hydrogen-bond donors (Lipinski definition) is 13. The maximum Gasteiger partial charge on any atom is 0.253 e. The molecule has 0 aromatic carbocycles. The Morgan fingerprint density at radius 2 is 1.62 bits per heavy atom. The lowest BCUT2D eigenvalue weighted by atomic mass is 9.72. The number of carbonyl (C=O) groups is 1. The molecule has 0 aromatic rings. The molecule has 0 bridgehead atoms. The third-order valence-corrected chi connectivity index (χ3v) is 10.5. The topological polar surface area (TPSA) is 301 Å². The first-order valence-electron chi connectivity index (χ1n) is 15.8. The summed E-state index contributed by atoms with van der Waals surface area (Å²) in [5.74, 6) is -1.47. The molecule has 3 aliphatic carbocycles. The number of nitrogens with two attached hydrogens (primary N) is 3. The van der Waals surface area contributed by atoms with Crippen LogP contribution in [0.1, 0.15) is 32.6 Å². The van der Waals surface area contributed by atoms with Gasteiger partial charge >= 0.3 is 0 Å². The van der Waals surface area contributed by atoms with Crippen molar-refractivity contribution in [3.63, 3.8) is 0 Å². The molecular formula is C28H52N6O11. The third-order valence-electron chi connectivity index (χ3n) is 10.5. The minimum atomic E-state index is -1.79. The second-order valence-electron chi connectivity index (χ2n) is 14.0. The Bertz CT molecular complexity index is 1040. The third kappa shape index (κ3) is 6.90. The molecule has 260 valence electrons. The summed E-state index contributed by atoms with van der Waals surface area (Å²) in [6, 6.07) is -3.40. The monoisotopic (exact) mass is 648 g/mol. The largest absolute Gasteiger partial charge is 0.390 e. The number of hydrogen-bond acceptors (Lipinski definition) is 16. The van der Waals surface area contributed by atoms with Crippen molar-refractivity contribution in [2.75, 3.05) is 26.7 Å². The molecule has 16 atom stereocenters. The summed E-state index contributed by atoms with van der Waals surface area (Å²) < 4.78 is 17.9. The zero-order chi connectivity index (χ0) is 33.0. The number of ether oxygens (including phenoxy) is 3. The van der Waals surface area contributed by atoms with Crippen molar-refractivity contribution in [1.29, 1.82) is 0 Å². The maximum atomic E-state index is 13.0. The van der Waals surface area contributed by atoms with Crippen LogP contribution in [0.15, 0.2) is 0 Å². The molecule has 0 spiro atoms. The summed E-state index contributed by atoms with van der Waals surface area (Å²) in [7, 11) is 1.55. The summed E-state index contributed by atoms with van der Waals surface area (Å²) in [6.45, 7) is 2.03. The SMILES string of the molecule is CNC1C(O)C(OC2C(NC(=O)C3(O)CC3N)CC(N)C(C3OC(CNCC4CC(N)C4)C(O)C(O)C3O)C2O)OCC1(C)O. The molecular weight excluding hydrogens is 596 g/mol. The summed E-state index contributed by atoms with van der Waals surface area (Å²) in [4.78, 5) is 13.0. The number of nitrogens with one attached hydrogen (secondary N) is 3. The minimum Gasteiger partial charge on any atom is -0.390 e. The van der Waals surface area contributed by atoms with E-state index in [9.17, 15) is 40.5 Å². The van der Waals surface area contributed by atoms with Crippen LogP contribution in [0.2, 0.25) is 0 Å². The van der Waals surface area contributed by atoms with Gasteiger partial charge in [-0.3, -0.25) is 4.79 Å². The Hall–Kier alpha value is -1.13. The van der Waals surface area contributed by atoms with Gasteiger partial charge in [-0.15, -0.1) is 0 Å². The van der Waals surface area contributed by atoms with Gasteiger partial charge in [0.25, 0.3) is 5.91 Å². The van der Waals surface area contributed by atoms with E-state index in [-0.39, 0.29) is 32.0 Å². The van der Waals surface area contributed by atoms with Crippen LogP contribution >= 0.6 is 0 Å². The fourth-order valence-electron chi connectivity index (χ4n) is 7.45. The first-order valence-corrected chi connectivity index (χ1v) is 15.8. The Labute approximate surface area is 261 Å². The van der Waals surface area contributed by atoms with Crippen molar-refractivity contribution in [2.45, 2.75) is 129 Å². The van der Waals surface area contributed by atoms with E-state index in [0.717, 1.165) is 12.8 Å². The zero-order valence-electron chi connectivity index (χ0n) is 25.7. The van der Waals surface area contributed by atoms with Gasteiger partial charge in [0.1, 0.15) is 36.1 Å². The van der Waals surface area contributed by atoms with Crippen LogP contribution < -0.4 is 33.2 Å². The van der Waals surface area contributed by atoms with Gasteiger partial charge in [-0.2, -0.15) is 0 Å². The normalized spacial score (nSPS) is 53.4. The smallest absolute Gasteiger partial charge is 0.253 e. The van der Waals surface area contributed by atoms with E-state index in [0.29, 0.717) is 12.5 Å². The summed E-state index contributed by atoms with van der Waals surface area (Å²) in [5, 5.41) is 85.3. The van der Waals surface area contributed by atoms with Crippen molar-refractivity contribution in [1.82, 2.24) is 16.0 Å². The van der Waals surface area contributed by atoms with Crippen molar-refractivity contribution < 1.29 is 54.8 Å². The number of amides is 1. The predicted molar refractivity (Wildman–Crippen MR) is 156 cm³/mol. The lowest BCUT2D eigenvalue weighted by molar-refractivity contribution is -0.303. The van der Waals surface area contributed by atoms with Crippen LogP contribution in [-0.4, -0.2) is 165 Å². The van der Waals surface area contributed by atoms with Gasteiger partial charge in [0.05, 0.1) is 37.0 Å². The molecule has 5 aliphatic rings. The van der Waals surface area contributed by atoms with Crippen molar-refractivity contribution in [2.24, 2.45) is 29.0 Å². The molecule has 45 heavy (non-hydrogen) atoms. The molecule has 2 aliphatic heterocycles. The first-order chi connectivity index (χ1) is 21.1. The molecule has 5 fully saturated rings. The second kappa shape index (κ2) is 13.4.